The molecular formula is C18H18BrN3O5. The Bertz CT molecular complexity index is 943. The Kier molecular flexibility index (Phi) is 5.50. The number of carbonyl (C=O) groups excluding carboxylic acids is 2. The van der Waals surface area contributed by atoms with E-state index in [0.29, 0.717) is 21.7 Å². The predicted molar refractivity (Wildman–Crippen MR) is 103 cm³/mol. The quantitative estimate of drug-likeness (QED) is 0.748. The molecule has 0 bridgehead atoms. The first kappa shape index (κ1) is 19.0. The van der Waals surface area contributed by atoms with Crippen molar-refractivity contribution in [2.45, 2.75) is 6.42 Å². The van der Waals surface area contributed by atoms with Crippen molar-refractivity contribution >= 4 is 39.1 Å². The number of amides is 2. The lowest BCUT2D eigenvalue weighted by Gasteiger charge is -2.20. The monoisotopic (exact) mass is 435 g/mol. The molecule has 1 aliphatic rings. The fraction of sp³-hybridized carbons (Fsp3) is 0.278. The number of hydrogen-bond acceptors (Lipinski definition) is 5. The predicted octanol–water partition coefficient (Wildman–Crippen LogP) is 2.15. The van der Waals surface area contributed by atoms with E-state index in [1.165, 1.54) is 31.4 Å². The van der Waals surface area contributed by atoms with Crippen molar-refractivity contribution in [1.29, 1.82) is 0 Å². The molecule has 0 spiro atoms. The largest absolute Gasteiger partial charge is 0.497 e. The fourth-order valence-corrected chi connectivity index (χ4v) is 3.25. The van der Waals surface area contributed by atoms with Gasteiger partial charge in [0.2, 0.25) is 11.8 Å². The zero-order chi connectivity index (χ0) is 19.6. The summed E-state index contributed by atoms with van der Waals surface area (Å²) in [4.78, 5) is 40.9. The molecule has 0 radical (unpaired) electrons. The number of hydrogen-bond donors (Lipinski definition) is 2. The summed E-state index contributed by atoms with van der Waals surface area (Å²) in [6, 6.07) is 6.63. The SMILES string of the molecule is COc1ccc(OC)c(N2CC(C(=O)Nc3cc(Br)c[nH]c3=O)CC2=O)c1. The number of pyridine rings is 1. The van der Waals surface area contributed by atoms with Crippen LogP contribution in [0.5, 0.6) is 11.5 Å². The molecule has 2 heterocycles. The number of rotatable bonds is 5. The van der Waals surface area contributed by atoms with E-state index in [9.17, 15) is 14.4 Å². The van der Waals surface area contributed by atoms with Gasteiger partial charge in [-0.3, -0.25) is 14.4 Å². The molecule has 1 unspecified atom stereocenters. The smallest absolute Gasteiger partial charge is 0.271 e. The molecule has 9 heteroatoms. The summed E-state index contributed by atoms with van der Waals surface area (Å²) in [5, 5.41) is 2.59. The Balaban J connectivity index is 1.80. The number of H-pyrrole nitrogens is 1. The van der Waals surface area contributed by atoms with Gasteiger partial charge in [-0.1, -0.05) is 0 Å². The van der Waals surface area contributed by atoms with Crippen molar-refractivity contribution in [3.63, 3.8) is 0 Å². The van der Waals surface area contributed by atoms with Crippen molar-refractivity contribution in [1.82, 2.24) is 4.98 Å². The van der Waals surface area contributed by atoms with Gasteiger partial charge in [-0.05, 0) is 34.1 Å². The van der Waals surface area contributed by atoms with Crippen molar-refractivity contribution in [2.24, 2.45) is 5.92 Å². The van der Waals surface area contributed by atoms with Gasteiger partial charge in [0.05, 0.1) is 25.8 Å². The third-order valence-corrected chi connectivity index (χ3v) is 4.76. The molecule has 27 heavy (non-hydrogen) atoms. The topological polar surface area (TPSA) is 101 Å². The van der Waals surface area contributed by atoms with Gasteiger partial charge in [-0.15, -0.1) is 0 Å². The maximum Gasteiger partial charge on any atom is 0.271 e. The molecule has 1 saturated heterocycles. The van der Waals surface area contributed by atoms with Crippen LogP contribution in [0.4, 0.5) is 11.4 Å². The van der Waals surface area contributed by atoms with E-state index >= 15 is 0 Å². The standard InChI is InChI=1S/C18H18BrN3O5/c1-26-12-3-4-15(27-2)14(7-12)22-9-10(5-16(22)23)17(24)21-13-6-11(19)8-20-18(13)25/h3-4,6-8,10H,5,9H2,1-2H3,(H,20,25)(H,21,24). The molecule has 2 amide bonds. The second kappa shape index (κ2) is 7.83. The van der Waals surface area contributed by atoms with E-state index in [0.717, 1.165) is 0 Å². The van der Waals surface area contributed by atoms with E-state index in [1.807, 2.05) is 0 Å². The van der Waals surface area contributed by atoms with E-state index in [4.69, 9.17) is 9.47 Å². The normalized spacial score (nSPS) is 16.3. The second-order valence-electron chi connectivity index (χ2n) is 5.99. The summed E-state index contributed by atoms with van der Waals surface area (Å²) in [5.74, 6) is -0.103. The lowest BCUT2D eigenvalue weighted by atomic mass is 10.1. The number of aromatic nitrogens is 1. The average Bonchev–Trinajstić information content (AvgIpc) is 3.05. The minimum Gasteiger partial charge on any atom is -0.497 e. The maximum atomic E-state index is 12.6. The Morgan fingerprint density at radius 1 is 1.26 bits per heavy atom. The minimum absolute atomic E-state index is 0.0398. The van der Waals surface area contributed by atoms with E-state index in [2.05, 4.69) is 26.2 Å². The number of halogens is 1. The molecule has 1 aliphatic heterocycles. The first-order valence-corrected chi connectivity index (χ1v) is 8.93. The van der Waals surface area contributed by atoms with Gasteiger partial charge < -0.3 is 24.7 Å². The molecule has 0 saturated carbocycles. The summed E-state index contributed by atoms with van der Waals surface area (Å²) in [5.41, 5.74) is 0.249. The zero-order valence-electron chi connectivity index (χ0n) is 14.7. The molecule has 2 aromatic rings. The Hall–Kier alpha value is -2.81. The lowest BCUT2D eigenvalue weighted by Crippen LogP contribution is -2.29. The third kappa shape index (κ3) is 3.97. The van der Waals surface area contributed by atoms with Crippen molar-refractivity contribution < 1.29 is 19.1 Å². The Morgan fingerprint density at radius 3 is 2.74 bits per heavy atom. The highest BCUT2D eigenvalue weighted by Crippen LogP contribution is 2.36. The summed E-state index contributed by atoms with van der Waals surface area (Å²) in [7, 11) is 3.04. The highest BCUT2D eigenvalue weighted by molar-refractivity contribution is 9.10. The number of ether oxygens (including phenoxy) is 2. The average molecular weight is 436 g/mol. The number of nitrogens with zero attached hydrogens (tertiary/aromatic N) is 1. The molecule has 1 aromatic carbocycles. The van der Waals surface area contributed by atoms with Gasteiger partial charge in [0, 0.05) is 29.7 Å². The molecule has 2 N–H and O–H groups in total. The zero-order valence-corrected chi connectivity index (χ0v) is 16.3. The first-order chi connectivity index (χ1) is 12.9. The third-order valence-electron chi connectivity index (χ3n) is 4.30. The fourth-order valence-electron chi connectivity index (χ4n) is 2.91. The highest BCUT2D eigenvalue weighted by Gasteiger charge is 2.36. The van der Waals surface area contributed by atoms with Gasteiger partial charge >= 0.3 is 0 Å². The summed E-state index contributed by atoms with van der Waals surface area (Å²) < 4.78 is 11.2. The van der Waals surface area contributed by atoms with E-state index in [-0.39, 0.29) is 24.6 Å². The lowest BCUT2D eigenvalue weighted by molar-refractivity contribution is -0.122. The van der Waals surface area contributed by atoms with Crippen LogP contribution in [-0.2, 0) is 9.59 Å². The first-order valence-electron chi connectivity index (χ1n) is 8.14. The van der Waals surface area contributed by atoms with Crippen LogP contribution in [-0.4, -0.2) is 37.6 Å². The van der Waals surface area contributed by atoms with E-state index in [1.54, 1.807) is 18.2 Å². The number of methoxy groups -OCH3 is 2. The van der Waals surface area contributed by atoms with Gasteiger partial charge in [-0.25, -0.2) is 0 Å². The molecule has 0 aliphatic carbocycles. The molecule has 1 atom stereocenters. The van der Waals surface area contributed by atoms with Crippen LogP contribution in [0.2, 0.25) is 0 Å². The van der Waals surface area contributed by atoms with Crippen LogP contribution in [0.1, 0.15) is 6.42 Å². The van der Waals surface area contributed by atoms with Crippen molar-refractivity contribution in [2.75, 3.05) is 31.0 Å². The molecule has 142 valence electrons. The van der Waals surface area contributed by atoms with Crippen molar-refractivity contribution in [3.05, 3.63) is 45.3 Å². The molecule has 1 fully saturated rings. The minimum atomic E-state index is -0.591. The van der Waals surface area contributed by atoms with Gasteiger partial charge in [0.15, 0.2) is 0 Å². The van der Waals surface area contributed by atoms with Crippen LogP contribution in [0.3, 0.4) is 0 Å². The molecular weight excluding hydrogens is 418 g/mol. The maximum absolute atomic E-state index is 12.6. The number of benzene rings is 1. The van der Waals surface area contributed by atoms with Crippen LogP contribution in [0.25, 0.3) is 0 Å². The van der Waals surface area contributed by atoms with Gasteiger partial charge in [0.25, 0.3) is 5.56 Å². The summed E-state index contributed by atoms with van der Waals surface area (Å²) in [6.45, 7) is 0.181. The molecule has 1 aromatic heterocycles. The van der Waals surface area contributed by atoms with Gasteiger partial charge in [0.1, 0.15) is 17.2 Å². The summed E-state index contributed by atoms with van der Waals surface area (Å²) in [6.07, 6.45) is 1.52. The molecule has 8 nitrogen and oxygen atoms in total. The Labute approximate surface area is 163 Å². The number of carbonyl (C=O) groups is 2. The summed E-state index contributed by atoms with van der Waals surface area (Å²) >= 11 is 3.24. The highest BCUT2D eigenvalue weighted by atomic mass is 79.9. The van der Waals surface area contributed by atoms with Crippen LogP contribution in [0.15, 0.2) is 39.7 Å². The molecule has 3 rings (SSSR count). The Morgan fingerprint density at radius 2 is 2.04 bits per heavy atom. The van der Waals surface area contributed by atoms with Crippen LogP contribution < -0.4 is 25.2 Å². The number of anilines is 2. The number of nitrogens with one attached hydrogen (secondary N) is 2. The van der Waals surface area contributed by atoms with Gasteiger partial charge in [-0.2, -0.15) is 0 Å². The number of aromatic amines is 1. The van der Waals surface area contributed by atoms with Crippen LogP contribution >= 0.6 is 15.9 Å². The second-order valence-corrected chi connectivity index (χ2v) is 6.91. The van der Waals surface area contributed by atoms with Crippen molar-refractivity contribution in [3.8, 4) is 11.5 Å². The van der Waals surface area contributed by atoms with E-state index < -0.39 is 17.4 Å². The van der Waals surface area contributed by atoms with Crippen LogP contribution in [0, 0.1) is 5.92 Å².